The van der Waals surface area contributed by atoms with E-state index in [1.807, 2.05) is 0 Å². The first kappa shape index (κ1) is 21.5. The Morgan fingerprint density at radius 1 is 0.833 bits per heavy atom. The summed E-state index contributed by atoms with van der Waals surface area (Å²) in [6.07, 6.45) is 0. The molecule has 0 unspecified atom stereocenters. The van der Waals surface area contributed by atoms with Gasteiger partial charge in [0.05, 0.1) is 35.7 Å². The number of quaternary nitrogens is 2. The lowest BCUT2D eigenvalue weighted by Gasteiger charge is -2.29. The van der Waals surface area contributed by atoms with Gasteiger partial charge in [-0.25, -0.2) is 0 Å². The third-order valence-electron chi connectivity index (χ3n) is 5.49. The summed E-state index contributed by atoms with van der Waals surface area (Å²) >= 11 is 0. The second kappa shape index (κ2) is 9.51. The average molecular weight is 418 g/mol. The maximum absolute atomic E-state index is 11.5. The number of nitrogens with zero attached hydrogens (tertiary/aromatic N) is 2. The average Bonchev–Trinajstić information content (AvgIpc) is 2.75. The Labute approximate surface area is 173 Å². The molecule has 1 saturated heterocycles. The van der Waals surface area contributed by atoms with Gasteiger partial charge in [-0.1, -0.05) is 0 Å². The first-order valence-corrected chi connectivity index (χ1v) is 9.71. The molecule has 2 aromatic rings. The fourth-order valence-electron chi connectivity index (χ4n) is 3.83. The summed E-state index contributed by atoms with van der Waals surface area (Å²) < 4.78 is 10.5. The Kier molecular flexibility index (Phi) is 6.80. The highest BCUT2D eigenvalue weighted by atomic mass is 16.6. The summed E-state index contributed by atoms with van der Waals surface area (Å²) in [7, 11) is 2.97. The van der Waals surface area contributed by atoms with Crippen molar-refractivity contribution in [3.05, 3.63) is 67.8 Å². The molecule has 0 bridgehead atoms. The number of nitro groups is 2. The van der Waals surface area contributed by atoms with Crippen LogP contribution in [-0.4, -0.2) is 50.2 Å². The number of piperazine rings is 1. The standard InChI is InChI=1S/C20H24N4O6/c1-29-19-11-16(18(24(27)28)12-20(19)30-2)14-22-9-7-21(8-10-22)13-15-3-5-17(6-4-15)23(25)26/h3-6,11-12H,7-10,13-14H2,1-2H3/p+2. The van der Waals surface area contributed by atoms with Gasteiger partial charge in [-0.15, -0.1) is 0 Å². The number of nitrogens with one attached hydrogen (secondary N) is 2. The second-order valence-electron chi connectivity index (χ2n) is 7.37. The van der Waals surface area contributed by atoms with Gasteiger partial charge in [0.1, 0.15) is 39.3 Å². The van der Waals surface area contributed by atoms with Crippen LogP contribution in [0.4, 0.5) is 11.4 Å². The highest BCUT2D eigenvalue weighted by Crippen LogP contribution is 2.34. The predicted octanol–water partition coefficient (Wildman–Crippen LogP) is 0.00380. The molecule has 10 heteroatoms. The molecule has 0 spiro atoms. The molecule has 0 amide bonds. The molecule has 3 rings (SSSR count). The van der Waals surface area contributed by atoms with Crippen molar-refractivity contribution >= 4 is 11.4 Å². The van der Waals surface area contributed by atoms with Crippen LogP contribution in [0, 0.1) is 20.2 Å². The van der Waals surface area contributed by atoms with Gasteiger partial charge in [0.25, 0.3) is 11.4 Å². The maximum Gasteiger partial charge on any atom is 0.282 e. The molecule has 1 fully saturated rings. The largest absolute Gasteiger partial charge is 0.493 e. The molecular formula is C20H26N4O6+2. The Morgan fingerprint density at radius 3 is 1.87 bits per heavy atom. The Balaban J connectivity index is 1.61. The van der Waals surface area contributed by atoms with Crippen molar-refractivity contribution in [2.45, 2.75) is 13.1 Å². The van der Waals surface area contributed by atoms with E-state index in [-0.39, 0.29) is 16.3 Å². The lowest BCUT2D eigenvalue weighted by atomic mass is 10.1. The first-order valence-electron chi connectivity index (χ1n) is 9.71. The van der Waals surface area contributed by atoms with E-state index in [4.69, 9.17) is 9.47 Å². The molecule has 0 aromatic heterocycles. The van der Waals surface area contributed by atoms with Crippen molar-refractivity contribution in [1.82, 2.24) is 0 Å². The molecule has 1 heterocycles. The summed E-state index contributed by atoms with van der Waals surface area (Å²) in [6, 6.07) is 9.79. The van der Waals surface area contributed by atoms with Gasteiger partial charge in [0.2, 0.25) is 0 Å². The number of methoxy groups -OCH3 is 2. The molecule has 1 aliphatic rings. The molecule has 160 valence electrons. The highest BCUT2D eigenvalue weighted by Gasteiger charge is 2.27. The Bertz CT molecular complexity index is 910. The fraction of sp³-hybridized carbons (Fsp3) is 0.400. The summed E-state index contributed by atoms with van der Waals surface area (Å²) in [5.74, 6) is 0.834. The van der Waals surface area contributed by atoms with Crippen LogP contribution in [-0.2, 0) is 13.1 Å². The van der Waals surface area contributed by atoms with E-state index < -0.39 is 4.92 Å². The van der Waals surface area contributed by atoms with E-state index >= 15 is 0 Å². The molecule has 1 aliphatic heterocycles. The van der Waals surface area contributed by atoms with Gasteiger partial charge in [-0.2, -0.15) is 0 Å². The number of ether oxygens (including phenoxy) is 2. The van der Waals surface area contributed by atoms with Crippen molar-refractivity contribution in [3.8, 4) is 11.5 Å². The van der Waals surface area contributed by atoms with Crippen LogP contribution in [0.1, 0.15) is 11.1 Å². The van der Waals surface area contributed by atoms with Crippen LogP contribution in [0.5, 0.6) is 11.5 Å². The number of nitro benzene ring substituents is 2. The van der Waals surface area contributed by atoms with Crippen molar-refractivity contribution in [1.29, 1.82) is 0 Å². The monoisotopic (exact) mass is 418 g/mol. The normalized spacial score (nSPS) is 18.6. The van der Waals surface area contributed by atoms with Crippen LogP contribution >= 0.6 is 0 Å². The smallest absolute Gasteiger partial charge is 0.282 e. The van der Waals surface area contributed by atoms with Gasteiger partial charge in [-0.05, 0) is 18.2 Å². The maximum atomic E-state index is 11.5. The van der Waals surface area contributed by atoms with E-state index in [9.17, 15) is 20.2 Å². The zero-order valence-electron chi connectivity index (χ0n) is 17.1. The minimum Gasteiger partial charge on any atom is -0.493 e. The zero-order valence-corrected chi connectivity index (χ0v) is 17.1. The molecule has 2 N–H and O–H groups in total. The molecule has 30 heavy (non-hydrogen) atoms. The van der Waals surface area contributed by atoms with Crippen molar-refractivity contribution in [2.75, 3.05) is 40.4 Å². The van der Waals surface area contributed by atoms with Crippen molar-refractivity contribution in [3.63, 3.8) is 0 Å². The van der Waals surface area contributed by atoms with Gasteiger partial charge < -0.3 is 19.3 Å². The first-order chi connectivity index (χ1) is 14.4. The topological polar surface area (TPSA) is 114 Å². The number of hydrogen-bond donors (Lipinski definition) is 2. The molecule has 0 aliphatic carbocycles. The summed E-state index contributed by atoms with van der Waals surface area (Å²) in [5, 5.41) is 22.3. The van der Waals surface area contributed by atoms with Gasteiger partial charge in [0, 0.05) is 17.7 Å². The Morgan fingerprint density at radius 2 is 1.37 bits per heavy atom. The fourth-order valence-corrected chi connectivity index (χ4v) is 3.83. The van der Waals surface area contributed by atoms with E-state index in [0.717, 1.165) is 38.3 Å². The molecule has 0 saturated carbocycles. The third kappa shape index (κ3) is 5.02. The van der Waals surface area contributed by atoms with E-state index in [1.54, 1.807) is 18.2 Å². The van der Waals surface area contributed by atoms with Crippen LogP contribution in [0.15, 0.2) is 36.4 Å². The zero-order chi connectivity index (χ0) is 21.7. The lowest BCUT2D eigenvalue weighted by molar-refractivity contribution is -1.02. The lowest BCUT2D eigenvalue weighted by Crippen LogP contribution is -3.27. The molecule has 2 aromatic carbocycles. The van der Waals surface area contributed by atoms with Crippen LogP contribution < -0.4 is 19.3 Å². The SMILES string of the molecule is COc1cc(C[NH+]2CC[NH+](Cc3ccc([N+](=O)[O-])cc3)CC2)c([N+](=O)[O-])cc1OC. The third-order valence-corrected chi connectivity index (χ3v) is 5.49. The molecule has 10 nitrogen and oxygen atoms in total. The molecular weight excluding hydrogens is 392 g/mol. The number of non-ortho nitro benzene ring substituents is 1. The Hall–Kier alpha value is -3.24. The number of benzene rings is 2. The summed E-state index contributed by atoms with van der Waals surface area (Å²) in [4.78, 5) is 24.2. The van der Waals surface area contributed by atoms with Crippen molar-refractivity contribution < 1.29 is 29.1 Å². The van der Waals surface area contributed by atoms with Gasteiger partial charge in [-0.3, -0.25) is 20.2 Å². The van der Waals surface area contributed by atoms with Crippen LogP contribution in [0.25, 0.3) is 0 Å². The van der Waals surface area contributed by atoms with E-state index in [2.05, 4.69) is 0 Å². The highest BCUT2D eigenvalue weighted by molar-refractivity contribution is 5.54. The van der Waals surface area contributed by atoms with Gasteiger partial charge >= 0.3 is 0 Å². The van der Waals surface area contributed by atoms with Crippen LogP contribution in [0.3, 0.4) is 0 Å². The predicted molar refractivity (Wildman–Crippen MR) is 108 cm³/mol. The minimum absolute atomic E-state index is 0.0424. The number of hydrogen-bond acceptors (Lipinski definition) is 6. The summed E-state index contributed by atoms with van der Waals surface area (Å²) in [6.45, 7) is 4.96. The molecule has 0 atom stereocenters. The van der Waals surface area contributed by atoms with Crippen LogP contribution in [0.2, 0.25) is 0 Å². The van der Waals surface area contributed by atoms with Gasteiger partial charge in [0.15, 0.2) is 11.5 Å². The van der Waals surface area contributed by atoms with Crippen molar-refractivity contribution in [2.24, 2.45) is 0 Å². The summed E-state index contributed by atoms with van der Waals surface area (Å²) in [5.41, 5.74) is 1.83. The second-order valence-corrected chi connectivity index (χ2v) is 7.37. The number of rotatable bonds is 8. The van der Waals surface area contributed by atoms with E-state index in [1.165, 1.54) is 42.2 Å². The molecule has 0 radical (unpaired) electrons. The van der Waals surface area contributed by atoms with E-state index in [0.29, 0.717) is 23.6 Å². The minimum atomic E-state index is -0.397. The quantitative estimate of drug-likeness (QED) is 0.461.